The van der Waals surface area contributed by atoms with Gasteiger partial charge in [-0.2, -0.15) is 0 Å². The molecule has 2 unspecified atom stereocenters. The van der Waals surface area contributed by atoms with Crippen molar-refractivity contribution in [1.82, 2.24) is 0 Å². The van der Waals surface area contributed by atoms with Gasteiger partial charge in [-0.25, -0.2) is 0 Å². The molecule has 1 heteroatoms. The predicted molar refractivity (Wildman–Crippen MR) is 41.7 cm³/mol. The molecule has 0 amide bonds. The lowest BCUT2D eigenvalue weighted by molar-refractivity contribution is -0.118. The Morgan fingerprint density at radius 1 is 1.70 bits per heavy atom. The number of rotatable bonds is 2. The van der Waals surface area contributed by atoms with E-state index in [2.05, 4.69) is 13.0 Å². The average Bonchev–Trinajstić information content (AvgIpc) is 2.60. The van der Waals surface area contributed by atoms with Crippen molar-refractivity contribution in [3.8, 4) is 0 Å². The lowest BCUT2D eigenvalue weighted by Gasteiger charge is -1.84. The largest absolute Gasteiger partial charge is 0.299 e. The molecule has 0 saturated heterocycles. The fourth-order valence-corrected chi connectivity index (χ4v) is 1.72. The Hall–Kier alpha value is -0.590. The average molecular weight is 138 g/mol. The summed E-state index contributed by atoms with van der Waals surface area (Å²) >= 11 is 0. The van der Waals surface area contributed by atoms with Crippen LogP contribution in [0.4, 0.5) is 0 Å². The second kappa shape index (κ2) is 2.57. The fraction of sp³-hybridized carbons (Fsp3) is 0.667. The first-order valence-corrected chi connectivity index (χ1v) is 3.88. The first-order valence-electron chi connectivity index (χ1n) is 3.88. The standard InChI is InChI=1S/C9H14O/c1-4-7-8(5-2)9(7)6(3)10/h4,8-9H,5H2,1-3H3/b7-4-. The SMILES string of the molecule is C/C=C1/C(CC)C1C(C)=O. The predicted octanol–water partition coefficient (Wildman–Crippen LogP) is 2.18. The Labute approximate surface area is 62.1 Å². The summed E-state index contributed by atoms with van der Waals surface area (Å²) in [5, 5.41) is 0. The zero-order valence-electron chi connectivity index (χ0n) is 6.85. The van der Waals surface area contributed by atoms with Crippen LogP contribution in [0.5, 0.6) is 0 Å². The summed E-state index contributed by atoms with van der Waals surface area (Å²) in [5.74, 6) is 1.21. The lowest BCUT2D eigenvalue weighted by Crippen LogP contribution is -1.93. The van der Waals surface area contributed by atoms with Crippen molar-refractivity contribution in [1.29, 1.82) is 0 Å². The number of ketones is 1. The molecule has 2 atom stereocenters. The van der Waals surface area contributed by atoms with Gasteiger partial charge < -0.3 is 0 Å². The van der Waals surface area contributed by atoms with Crippen LogP contribution in [-0.2, 0) is 4.79 Å². The Balaban J connectivity index is 2.61. The van der Waals surface area contributed by atoms with E-state index in [1.165, 1.54) is 5.57 Å². The third kappa shape index (κ3) is 1.00. The minimum Gasteiger partial charge on any atom is -0.299 e. The quantitative estimate of drug-likeness (QED) is 0.534. The molecule has 0 heterocycles. The zero-order chi connectivity index (χ0) is 7.72. The maximum atomic E-state index is 10.9. The van der Waals surface area contributed by atoms with Crippen LogP contribution in [0.2, 0.25) is 0 Å². The van der Waals surface area contributed by atoms with Crippen LogP contribution >= 0.6 is 0 Å². The van der Waals surface area contributed by atoms with Gasteiger partial charge in [-0.1, -0.05) is 18.6 Å². The first kappa shape index (κ1) is 7.52. The van der Waals surface area contributed by atoms with E-state index in [4.69, 9.17) is 0 Å². The van der Waals surface area contributed by atoms with Crippen LogP contribution in [0.3, 0.4) is 0 Å². The summed E-state index contributed by atoms with van der Waals surface area (Å²) in [7, 11) is 0. The summed E-state index contributed by atoms with van der Waals surface area (Å²) < 4.78 is 0. The summed E-state index contributed by atoms with van der Waals surface area (Å²) in [4.78, 5) is 10.9. The molecule has 0 aromatic rings. The van der Waals surface area contributed by atoms with Gasteiger partial charge >= 0.3 is 0 Å². The van der Waals surface area contributed by atoms with E-state index in [9.17, 15) is 4.79 Å². The van der Waals surface area contributed by atoms with E-state index in [1.807, 2.05) is 6.92 Å². The van der Waals surface area contributed by atoms with Crippen molar-refractivity contribution in [2.45, 2.75) is 27.2 Å². The topological polar surface area (TPSA) is 17.1 Å². The fourth-order valence-electron chi connectivity index (χ4n) is 1.72. The van der Waals surface area contributed by atoms with E-state index < -0.39 is 0 Å². The van der Waals surface area contributed by atoms with Gasteiger partial charge in [-0.15, -0.1) is 0 Å². The zero-order valence-corrected chi connectivity index (χ0v) is 6.85. The number of hydrogen-bond donors (Lipinski definition) is 0. The van der Waals surface area contributed by atoms with Gasteiger partial charge in [0.15, 0.2) is 0 Å². The Kier molecular flexibility index (Phi) is 1.93. The normalized spacial score (nSPS) is 34.5. The molecule has 0 aromatic carbocycles. The summed E-state index contributed by atoms with van der Waals surface area (Å²) in [6.07, 6.45) is 3.20. The monoisotopic (exact) mass is 138 g/mol. The molecule has 1 fully saturated rings. The van der Waals surface area contributed by atoms with Gasteiger partial charge in [-0.05, 0) is 26.2 Å². The molecular weight excluding hydrogens is 124 g/mol. The number of carbonyl (C=O) groups excluding carboxylic acids is 1. The molecule has 0 aliphatic heterocycles. The maximum absolute atomic E-state index is 10.9. The highest BCUT2D eigenvalue weighted by Crippen LogP contribution is 2.48. The lowest BCUT2D eigenvalue weighted by atomic mass is 10.2. The van der Waals surface area contributed by atoms with Crippen LogP contribution in [0.25, 0.3) is 0 Å². The van der Waals surface area contributed by atoms with Crippen molar-refractivity contribution < 1.29 is 4.79 Å². The highest BCUT2D eigenvalue weighted by molar-refractivity contribution is 5.86. The minimum atomic E-state index is 0.287. The number of Topliss-reactive ketones (excluding diaryl/α,β-unsaturated/α-hetero) is 1. The number of allylic oxidation sites excluding steroid dienone is 2. The van der Waals surface area contributed by atoms with Gasteiger partial charge in [0.25, 0.3) is 0 Å². The highest BCUT2D eigenvalue weighted by Gasteiger charge is 2.44. The molecule has 1 aliphatic rings. The van der Waals surface area contributed by atoms with E-state index in [-0.39, 0.29) is 5.92 Å². The van der Waals surface area contributed by atoms with Crippen LogP contribution in [0.1, 0.15) is 27.2 Å². The van der Waals surface area contributed by atoms with E-state index >= 15 is 0 Å². The van der Waals surface area contributed by atoms with Crippen LogP contribution < -0.4 is 0 Å². The Bertz CT molecular complexity index is 179. The molecule has 0 N–H and O–H groups in total. The van der Waals surface area contributed by atoms with E-state index in [0.29, 0.717) is 11.7 Å². The number of carbonyl (C=O) groups is 1. The molecule has 0 radical (unpaired) electrons. The van der Waals surface area contributed by atoms with Crippen molar-refractivity contribution in [2.24, 2.45) is 11.8 Å². The molecular formula is C9H14O. The molecule has 1 saturated carbocycles. The van der Waals surface area contributed by atoms with Gasteiger partial charge in [0.05, 0.1) is 0 Å². The summed E-state index contributed by atoms with van der Waals surface area (Å²) in [6, 6.07) is 0. The second-order valence-electron chi connectivity index (χ2n) is 2.89. The van der Waals surface area contributed by atoms with Gasteiger partial charge in [-0.3, -0.25) is 4.79 Å². The molecule has 1 aliphatic carbocycles. The van der Waals surface area contributed by atoms with Crippen molar-refractivity contribution in [3.63, 3.8) is 0 Å². The van der Waals surface area contributed by atoms with E-state index in [1.54, 1.807) is 6.92 Å². The molecule has 1 rings (SSSR count). The third-order valence-corrected chi connectivity index (χ3v) is 2.29. The third-order valence-electron chi connectivity index (χ3n) is 2.29. The van der Waals surface area contributed by atoms with Crippen molar-refractivity contribution >= 4 is 5.78 Å². The van der Waals surface area contributed by atoms with Crippen molar-refractivity contribution in [3.05, 3.63) is 11.6 Å². The van der Waals surface area contributed by atoms with Crippen LogP contribution in [0, 0.1) is 11.8 Å². The molecule has 0 spiro atoms. The smallest absolute Gasteiger partial charge is 0.137 e. The summed E-state index contributed by atoms with van der Waals surface area (Å²) in [5.41, 5.74) is 1.36. The Morgan fingerprint density at radius 2 is 2.30 bits per heavy atom. The van der Waals surface area contributed by atoms with Crippen LogP contribution in [-0.4, -0.2) is 5.78 Å². The molecule has 1 nitrogen and oxygen atoms in total. The van der Waals surface area contributed by atoms with Gasteiger partial charge in [0.1, 0.15) is 5.78 Å². The molecule has 0 bridgehead atoms. The van der Waals surface area contributed by atoms with E-state index in [0.717, 1.165) is 6.42 Å². The molecule has 0 aromatic heterocycles. The highest BCUT2D eigenvalue weighted by atomic mass is 16.1. The Morgan fingerprint density at radius 3 is 2.40 bits per heavy atom. The van der Waals surface area contributed by atoms with Gasteiger partial charge in [0, 0.05) is 5.92 Å². The maximum Gasteiger partial charge on any atom is 0.137 e. The first-order chi connectivity index (χ1) is 4.72. The molecule has 56 valence electrons. The number of hydrogen-bond acceptors (Lipinski definition) is 1. The second-order valence-corrected chi connectivity index (χ2v) is 2.89. The summed E-state index contributed by atoms with van der Waals surface area (Å²) in [6.45, 7) is 5.84. The van der Waals surface area contributed by atoms with Crippen molar-refractivity contribution in [2.75, 3.05) is 0 Å². The van der Waals surface area contributed by atoms with Gasteiger partial charge in [0.2, 0.25) is 0 Å². The molecule has 10 heavy (non-hydrogen) atoms. The minimum absolute atomic E-state index is 0.287. The van der Waals surface area contributed by atoms with Crippen LogP contribution in [0.15, 0.2) is 11.6 Å².